The Morgan fingerprint density at radius 3 is 2.68 bits per heavy atom. The van der Waals surface area contributed by atoms with E-state index in [4.69, 9.17) is 4.74 Å². The smallest absolute Gasteiger partial charge is 0.321 e. The molecule has 25 heavy (non-hydrogen) atoms. The standard InChI is InChI=1S/C16H18N2O5S2/c1-2-12-5-3-6-13(9-12)18-14(19)11-23-15(20)10-17-25(21,22)16-7-4-8-24-16/h3-9,17H,2,10-11H2,1H3,(H,18,19). The summed E-state index contributed by atoms with van der Waals surface area (Å²) in [5, 5.41) is 4.23. The number of carbonyl (C=O) groups excluding carboxylic acids is 2. The first-order valence-corrected chi connectivity index (χ1v) is 9.84. The summed E-state index contributed by atoms with van der Waals surface area (Å²) in [5.74, 6) is -1.33. The minimum Gasteiger partial charge on any atom is -0.455 e. The zero-order chi connectivity index (χ0) is 18.3. The quantitative estimate of drug-likeness (QED) is 0.678. The summed E-state index contributed by atoms with van der Waals surface area (Å²) in [6.45, 7) is 0.967. The van der Waals surface area contributed by atoms with Gasteiger partial charge < -0.3 is 10.1 Å². The van der Waals surface area contributed by atoms with E-state index in [1.165, 1.54) is 6.07 Å². The average Bonchev–Trinajstić information content (AvgIpc) is 3.14. The van der Waals surface area contributed by atoms with E-state index in [2.05, 4.69) is 10.0 Å². The predicted octanol–water partition coefficient (Wildman–Crippen LogP) is 1.77. The lowest BCUT2D eigenvalue weighted by molar-refractivity contribution is -0.146. The average molecular weight is 382 g/mol. The molecule has 0 aliphatic heterocycles. The van der Waals surface area contributed by atoms with Gasteiger partial charge >= 0.3 is 5.97 Å². The van der Waals surface area contributed by atoms with Crippen LogP contribution in [-0.2, 0) is 30.8 Å². The van der Waals surface area contributed by atoms with Crippen LogP contribution in [0.15, 0.2) is 46.0 Å². The van der Waals surface area contributed by atoms with Crippen LogP contribution in [0.4, 0.5) is 5.69 Å². The van der Waals surface area contributed by atoms with Gasteiger partial charge in [0.2, 0.25) is 0 Å². The SMILES string of the molecule is CCc1cccc(NC(=O)COC(=O)CNS(=O)(=O)c2cccs2)c1. The highest BCUT2D eigenvalue weighted by atomic mass is 32.2. The first-order valence-electron chi connectivity index (χ1n) is 7.48. The summed E-state index contributed by atoms with van der Waals surface area (Å²) in [4.78, 5) is 23.4. The van der Waals surface area contributed by atoms with Crippen molar-refractivity contribution >= 4 is 38.9 Å². The van der Waals surface area contributed by atoms with Gasteiger partial charge in [0.25, 0.3) is 15.9 Å². The van der Waals surface area contributed by atoms with Crippen molar-refractivity contribution in [2.24, 2.45) is 0 Å². The monoisotopic (exact) mass is 382 g/mol. The van der Waals surface area contributed by atoms with Gasteiger partial charge in [-0.1, -0.05) is 25.1 Å². The second-order valence-electron chi connectivity index (χ2n) is 5.02. The molecule has 0 saturated heterocycles. The third-order valence-electron chi connectivity index (χ3n) is 3.15. The highest BCUT2D eigenvalue weighted by molar-refractivity contribution is 7.91. The van der Waals surface area contributed by atoms with E-state index in [-0.39, 0.29) is 4.21 Å². The van der Waals surface area contributed by atoms with E-state index in [1.807, 2.05) is 25.1 Å². The van der Waals surface area contributed by atoms with Gasteiger partial charge in [-0.05, 0) is 35.6 Å². The van der Waals surface area contributed by atoms with Crippen LogP contribution in [-0.4, -0.2) is 33.4 Å². The van der Waals surface area contributed by atoms with Crippen LogP contribution in [0.2, 0.25) is 0 Å². The van der Waals surface area contributed by atoms with Crippen LogP contribution in [0.1, 0.15) is 12.5 Å². The molecule has 0 bridgehead atoms. The molecule has 1 amide bonds. The number of nitrogens with one attached hydrogen (secondary N) is 2. The molecular formula is C16H18N2O5S2. The highest BCUT2D eigenvalue weighted by Gasteiger charge is 2.17. The number of hydrogen-bond acceptors (Lipinski definition) is 6. The molecule has 1 heterocycles. The lowest BCUT2D eigenvalue weighted by atomic mass is 10.1. The zero-order valence-electron chi connectivity index (χ0n) is 13.5. The van der Waals surface area contributed by atoms with E-state index in [0.29, 0.717) is 5.69 Å². The van der Waals surface area contributed by atoms with Crippen LogP contribution in [0, 0.1) is 0 Å². The largest absolute Gasteiger partial charge is 0.455 e. The minimum absolute atomic E-state index is 0.105. The van der Waals surface area contributed by atoms with Crippen molar-refractivity contribution < 1.29 is 22.7 Å². The van der Waals surface area contributed by atoms with Gasteiger partial charge in [-0.15, -0.1) is 11.3 Å². The van der Waals surface area contributed by atoms with Gasteiger partial charge in [-0.2, -0.15) is 4.72 Å². The van der Waals surface area contributed by atoms with Crippen molar-refractivity contribution in [1.82, 2.24) is 4.72 Å². The molecule has 0 fully saturated rings. The van der Waals surface area contributed by atoms with Crippen LogP contribution in [0.25, 0.3) is 0 Å². The molecule has 0 aliphatic carbocycles. The van der Waals surface area contributed by atoms with E-state index < -0.39 is 35.1 Å². The van der Waals surface area contributed by atoms with Crippen molar-refractivity contribution in [3.63, 3.8) is 0 Å². The van der Waals surface area contributed by atoms with E-state index in [1.54, 1.807) is 17.5 Å². The predicted molar refractivity (Wildman–Crippen MR) is 94.9 cm³/mol. The Morgan fingerprint density at radius 1 is 1.20 bits per heavy atom. The third kappa shape index (κ3) is 5.96. The normalized spacial score (nSPS) is 11.1. The van der Waals surface area contributed by atoms with Crippen molar-refractivity contribution in [3.05, 3.63) is 47.3 Å². The molecule has 0 spiro atoms. The summed E-state index contributed by atoms with van der Waals surface area (Å²) in [7, 11) is -3.74. The van der Waals surface area contributed by atoms with Crippen molar-refractivity contribution in [2.45, 2.75) is 17.6 Å². The van der Waals surface area contributed by atoms with Gasteiger partial charge in [0.1, 0.15) is 10.8 Å². The number of ether oxygens (including phenoxy) is 1. The fourth-order valence-electron chi connectivity index (χ4n) is 1.90. The maximum atomic E-state index is 11.8. The minimum atomic E-state index is -3.74. The van der Waals surface area contributed by atoms with E-state index >= 15 is 0 Å². The summed E-state index contributed by atoms with van der Waals surface area (Å²) in [5.41, 5.74) is 1.68. The molecule has 1 aromatic carbocycles. The molecule has 134 valence electrons. The summed E-state index contributed by atoms with van der Waals surface area (Å²) >= 11 is 1.04. The lowest BCUT2D eigenvalue weighted by Gasteiger charge is -2.08. The number of sulfonamides is 1. The molecule has 0 radical (unpaired) electrons. The second-order valence-corrected chi connectivity index (χ2v) is 7.96. The maximum Gasteiger partial charge on any atom is 0.321 e. The molecule has 2 rings (SSSR count). The van der Waals surface area contributed by atoms with Gasteiger partial charge in [-0.25, -0.2) is 8.42 Å². The molecule has 2 aromatic rings. The molecular weight excluding hydrogens is 364 g/mol. The maximum absolute atomic E-state index is 11.8. The van der Waals surface area contributed by atoms with Crippen molar-refractivity contribution in [1.29, 1.82) is 0 Å². The molecule has 2 N–H and O–H groups in total. The summed E-state index contributed by atoms with van der Waals surface area (Å²) in [6.07, 6.45) is 0.836. The first kappa shape index (κ1) is 19.1. The fraction of sp³-hybridized carbons (Fsp3) is 0.250. The van der Waals surface area contributed by atoms with Gasteiger partial charge in [-0.3, -0.25) is 9.59 Å². The fourth-order valence-corrected chi connectivity index (χ4v) is 3.91. The Labute approximate surface area is 150 Å². The Hall–Kier alpha value is -2.23. The molecule has 0 saturated carbocycles. The summed E-state index contributed by atoms with van der Waals surface area (Å²) in [6, 6.07) is 10.3. The zero-order valence-corrected chi connectivity index (χ0v) is 15.2. The van der Waals surface area contributed by atoms with E-state index in [0.717, 1.165) is 23.3 Å². The molecule has 0 aliphatic rings. The number of carbonyl (C=O) groups is 2. The Morgan fingerprint density at radius 2 is 2.00 bits per heavy atom. The van der Waals surface area contributed by atoms with Crippen LogP contribution >= 0.6 is 11.3 Å². The Bertz CT molecular complexity index is 832. The molecule has 0 unspecified atom stereocenters. The number of thiophene rings is 1. The number of rotatable bonds is 8. The van der Waals surface area contributed by atoms with Gasteiger partial charge in [0, 0.05) is 5.69 Å². The Kier molecular flexibility index (Phi) is 6.68. The highest BCUT2D eigenvalue weighted by Crippen LogP contribution is 2.15. The van der Waals surface area contributed by atoms with Gasteiger partial charge in [0.15, 0.2) is 6.61 Å². The van der Waals surface area contributed by atoms with E-state index in [9.17, 15) is 18.0 Å². The van der Waals surface area contributed by atoms with Crippen LogP contribution in [0.3, 0.4) is 0 Å². The summed E-state index contributed by atoms with van der Waals surface area (Å²) < 4.78 is 30.7. The number of anilines is 1. The van der Waals surface area contributed by atoms with Gasteiger partial charge in [0.05, 0.1) is 0 Å². The lowest BCUT2D eigenvalue weighted by Crippen LogP contribution is -2.32. The number of aryl methyl sites for hydroxylation is 1. The molecule has 9 heteroatoms. The van der Waals surface area contributed by atoms with Crippen LogP contribution in [0.5, 0.6) is 0 Å². The van der Waals surface area contributed by atoms with Crippen molar-refractivity contribution in [2.75, 3.05) is 18.5 Å². The Balaban J connectivity index is 1.76. The van der Waals surface area contributed by atoms with Crippen LogP contribution < -0.4 is 10.0 Å². The number of amides is 1. The first-order chi connectivity index (χ1) is 11.9. The second kappa shape index (κ2) is 8.75. The molecule has 0 atom stereocenters. The molecule has 1 aromatic heterocycles. The third-order valence-corrected chi connectivity index (χ3v) is 5.95. The topological polar surface area (TPSA) is 102 Å². The number of esters is 1. The molecule has 7 nitrogen and oxygen atoms in total. The van der Waals surface area contributed by atoms with Crippen molar-refractivity contribution in [3.8, 4) is 0 Å². The number of benzene rings is 1. The number of hydrogen-bond donors (Lipinski definition) is 2.